The molecule has 1 saturated heterocycles. The fourth-order valence-electron chi connectivity index (χ4n) is 4.40. The summed E-state index contributed by atoms with van der Waals surface area (Å²) in [6.45, 7) is 8.76. The largest absolute Gasteiger partial charge is 0.387 e. The number of benzene rings is 1. The zero-order valence-electron chi connectivity index (χ0n) is 19.6. The molecule has 6 nitrogen and oxygen atoms in total. The number of aromatic nitrogens is 3. The highest BCUT2D eigenvalue weighted by atomic mass is 16.7. The lowest BCUT2D eigenvalue weighted by atomic mass is 9.99. The topological polar surface area (TPSA) is 69.4 Å². The lowest BCUT2D eigenvalue weighted by molar-refractivity contribution is -0.146. The van der Waals surface area contributed by atoms with Crippen LogP contribution in [0.3, 0.4) is 0 Å². The van der Waals surface area contributed by atoms with Gasteiger partial charge in [0, 0.05) is 6.42 Å². The monoisotopic (exact) mass is 429 g/mol. The lowest BCUT2D eigenvalue weighted by Gasteiger charge is -2.18. The normalized spacial score (nSPS) is 21.5. The van der Waals surface area contributed by atoms with E-state index in [1.807, 2.05) is 43.7 Å². The van der Waals surface area contributed by atoms with Crippen molar-refractivity contribution in [2.45, 2.75) is 110 Å². The van der Waals surface area contributed by atoms with Crippen LogP contribution in [0.5, 0.6) is 0 Å². The average molecular weight is 430 g/mol. The molecule has 1 aliphatic heterocycles. The van der Waals surface area contributed by atoms with Gasteiger partial charge in [-0.15, -0.1) is 5.10 Å². The Morgan fingerprint density at radius 3 is 2.45 bits per heavy atom. The molecule has 3 rings (SSSR count). The van der Waals surface area contributed by atoms with Crippen molar-refractivity contribution in [3.63, 3.8) is 0 Å². The summed E-state index contributed by atoms with van der Waals surface area (Å²) in [5.41, 5.74) is 2.74. The molecule has 3 atom stereocenters. The van der Waals surface area contributed by atoms with Crippen molar-refractivity contribution < 1.29 is 14.6 Å². The Labute approximate surface area is 187 Å². The van der Waals surface area contributed by atoms with Crippen LogP contribution in [0.15, 0.2) is 30.3 Å². The second-order valence-corrected chi connectivity index (χ2v) is 9.11. The van der Waals surface area contributed by atoms with E-state index in [9.17, 15) is 5.11 Å². The molecule has 1 unspecified atom stereocenters. The maximum Gasteiger partial charge on any atom is 0.163 e. The molecule has 0 bridgehead atoms. The molecular weight excluding hydrogens is 390 g/mol. The molecule has 1 aliphatic rings. The van der Waals surface area contributed by atoms with Crippen LogP contribution in [0.1, 0.15) is 95.7 Å². The van der Waals surface area contributed by atoms with Crippen molar-refractivity contribution in [3.05, 3.63) is 47.3 Å². The lowest BCUT2D eigenvalue weighted by Crippen LogP contribution is -2.26. The molecule has 1 N–H and O–H groups in total. The molecule has 0 spiro atoms. The molecule has 0 aliphatic carbocycles. The van der Waals surface area contributed by atoms with Crippen molar-refractivity contribution in [3.8, 4) is 0 Å². The fourth-order valence-corrected chi connectivity index (χ4v) is 4.40. The smallest absolute Gasteiger partial charge is 0.163 e. The van der Waals surface area contributed by atoms with Crippen LogP contribution in [-0.2, 0) is 22.4 Å². The van der Waals surface area contributed by atoms with Gasteiger partial charge in [0.1, 0.15) is 0 Å². The van der Waals surface area contributed by atoms with E-state index < -0.39 is 11.9 Å². The summed E-state index contributed by atoms with van der Waals surface area (Å²) in [5, 5.41) is 19.6. The van der Waals surface area contributed by atoms with Gasteiger partial charge in [0.2, 0.25) is 0 Å². The minimum Gasteiger partial charge on any atom is -0.387 e. The van der Waals surface area contributed by atoms with Gasteiger partial charge in [0.05, 0.1) is 36.2 Å². The second kappa shape index (κ2) is 11.2. The molecule has 172 valence electrons. The zero-order valence-corrected chi connectivity index (χ0v) is 19.6. The summed E-state index contributed by atoms with van der Waals surface area (Å²) in [6, 6.07) is 10.2. The van der Waals surface area contributed by atoms with Crippen LogP contribution < -0.4 is 0 Å². The SMILES string of the molecule is CCCCCCC[C@@H]1OC(C)(C)O[C@H]1Cc1nnn(Cc2ccccc2)c1C(O)CC. The van der Waals surface area contributed by atoms with E-state index in [-0.39, 0.29) is 12.2 Å². The van der Waals surface area contributed by atoms with Gasteiger partial charge in [0.15, 0.2) is 5.79 Å². The number of hydrogen-bond donors (Lipinski definition) is 1. The van der Waals surface area contributed by atoms with Gasteiger partial charge in [-0.05, 0) is 32.3 Å². The highest BCUT2D eigenvalue weighted by molar-refractivity contribution is 5.19. The van der Waals surface area contributed by atoms with Gasteiger partial charge >= 0.3 is 0 Å². The van der Waals surface area contributed by atoms with E-state index in [2.05, 4.69) is 29.4 Å². The van der Waals surface area contributed by atoms with Gasteiger partial charge in [0.25, 0.3) is 0 Å². The van der Waals surface area contributed by atoms with Crippen LogP contribution in [-0.4, -0.2) is 38.1 Å². The molecule has 1 fully saturated rings. The Kier molecular flexibility index (Phi) is 8.64. The third-order valence-corrected chi connectivity index (χ3v) is 6.00. The fraction of sp³-hybridized carbons (Fsp3) is 0.680. The average Bonchev–Trinajstić information content (AvgIpc) is 3.27. The maximum atomic E-state index is 10.8. The standard InChI is InChI=1S/C25H39N3O3/c1-5-7-8-9-13-16-22-23(31-25(3,4)30-22)17-20-24(21(29)6-2)28(27-26-20)18-19-14-11-10-12-15-19/h10-12,14-15,21-23,29H,5-9,13,16-18H2,1-4H3/t21?,22-,23-/m0/s1. The number of unbranched alkanes of at least 4 members (excludes halogenated alkanes) is 4. The van der Waals surface area contributed by atoms with Crippen LogP contribution in [0, 0.1) is 0 Å². The summed E-state index contributed by atoms with van der Waals surface area (Å²) in [7, 11) is 0. The number of ether oxygens (including phenoxy) is 2. The predicted molar refractivity (Wildman–Crippen MR) is 122 cm³/mol. The number of nitrogens with zero attached hydrogens (tertiary/aromatic N) is 3. The van der Waals surface area contributed by atoms with E-state index in [1.165, 1.54) is 25.7 Å². The van der Waals surface area contributed by atoms with Crippen molar-refractivity contribution in [2.24, 2.45) is 0 Å². The molecule has 2 heterocycles. The summed E-state index contributed by atoms with van der Waals surface area (Å²) >= 11 is 0. The van der Waals surface area contributed by atoms with Gasteiger partial charge < -0.3 is 14.6 Å². The highest BCUT2D eigenvalue weighted by Crippen LogP contribution is 2.34. The van der Waals surface area contributed by atoms with Crippen LogP contribution in [0.2, 0.25) is 0 Å². The van der Waals surface area contributed by atoms with E-state index in [0.29, 0.717) is 19.4 Å². The first-order chi connectivity index (χ1) is 14.9. The first kappa shape index (κ1) is 23.9. The Bertz CT molecular complexity index is 791. The van der Waals surface area contributed by atoms with E-state index in [1.54, 1.807) is 0 Å². The van der Waals surface area contributed by atoms with Crippen molar-refractivity contribution in [2.75, 3.05) is 0 Å². The van der Waals surface area contributed by atoms with Crippen LogP contribution in [0.4, 0.5) is 0 Å². The summed E-state index contributed by atoms with van der Waals surface area (Å²) in [6.07, 6.45) is 7.76. The second-order valence-electron chi connectivity index (χ2n) is 9.11. The van der Waals surface area contributed by atoms with Crippen molar-refractivity contribution in [1.29, 1.82) is 0 Å². The molecule has 1 aromatic carbocycles. The van der Waals surface area contributed by atoms with Crippen LogP contribution >= 0.6 is 0 Å². The number of aliphatic hydroxyl groups excluding tert-OH is 1. The Hall–Kier alpha value is -1.76. The molecule has 0 radical (unpaired) electrons. The first-order valence-corrected chi connectivity index (χ1v) is 11.9. The molecule has 0 saturated carbocycles. The minimum absolute atomic E-state index is 0.0440. The predicted octanol–water partition coefficient (Wildman–Crippen LogP) is 5.19. The Balaban J connectivity index is 1.73. The number of rotatable bonds is 12. The maximum absolute atomic E-state index is 10.8. The van der Waals surface area contributed by atoms with E-state index >= 15 is 0 Å². The summed E-state index contributed by atoms with van der Waals surface area (Å²) in [5.74, 6) is -0.595. The van der Waals surface area contributed by atoms with Crippen molar-refractivity contribution in [1.82, 2.24) is 15.0 Å². The highest BCUT2D eigenvalue weighted by Gasteiger charge is 2.41. The Morgan fingerprint density at radius 2 is 1.74 bits per heavy atom. The van der Waals surface area contributed by atoms with Gasteiger partial charge in [-0.2, -0.15) is 0 Å². The molecule has 31 heavy (non-hydrogen) atoms. The molecule has 2 aromatic rings. The van der Waals surface area contributed by atoms with Gasteiger partial charge in [-0.25, -0.2) is 4.68 Å². The zero-order chi connectivity index (χ0) is 22.3. The third-order valence-electron chi connectivity index (χ3n) is 6.00. The van der Waals surface area contributed by atoms with Crippen LogP contribution in [0.25, 0.3) is 0 Å². The van der Waals surface area contributed by atoms with E-state index in [4.69, 9.17) is 9.47 Å². The minimum atomic E-state index is -0.600. The molecular formula is C25H39N3O3. The summed E-state index contributed by atoms with van der Waals surface area (Å²) < 4.78 is 14.3. The molecule has 1 aromatic heterocycles. The number of aliphatic hydroxyl groups is 1. The van der Waals surface area contributed by atoms with E-state index in [0.717, 1.165) is 29.8 Å². The number of hydrogen-bond acceptors (Lipinski definition) is 5. The molecule has 6 heteroatoms. The van der Waals surface area contributed by atoms with Gasteiger partial charge in [-0.3, -0.25) is 0 Å². The Morgan fingerprint density at radius 1 is 1.03 bits per heavy atom. The summed E-state index contributed by atoms with van der Waals surface area (Å²) in [4.78, 5) is 0. The van der Waals surface area contributed by atoms with Crippen molar-refractivity contribution >= 4 is 0 Å². The van der Waals surface area contributed by atoms with Gasteiger partial charge in [-0.1, -0.05) is 81.5 Å². The first-order valence-electron chi connectivity index (χ1n) is 11.9. The molecule has 0 amide bonds. The quantitative estimate of drug-likeness (QED) is 0.470. The third kappa shape index (κ3) is 6.61.